The summed E-state index contributed by atoms with van der Waals surface area (Å²) in [5.74, 6) is -0.0410. The maximum absolute atomic E-state index is 12.6. The molecule has 2 aliphatic rings. The third-order valence-electron chi connectivity index (χ3n) is 6.36. The van der Waals surface area contributed by atoms with E-state index in [2.05, 4.69) is 29.8 Å². The first kappa shape index (κ1) is 18.8. The number of nitrogens with zero attached hydrogens (tertiary/aromatic N) is 2. The summed E-state index contributed by atoms with van der Waals surface area (Å²) in [5, 5.41) is 0. The predicted molar refractivity (Wildman–Crippen MR) is 109 cm³/mol. The molecular formula is C23H27N3O2. The van der Waals surface area contributed by atoms with Crippen molar-refractivity contribution in [1.29, 1.82) is 0 Å². The number of anilines is 1. The van der Waals surface area contributed by atoms with Crippen LogP contribution in [0.4, 0.5) is 5.69 Å². The molecule has 5 heteroatoms. The van der Waals surface area contributed by atoms with E-state index >= 15 is 0 Å². The van der Waals surface area contributed by atoms with E-state index < -0.39 is 6.04 Å². The lowest BCUT2D eigenvalue weighted by atomic mass is 9.67. The Morgan fingerprint density at radius 2 is 2.00 bits per heavy atom. The van der Waals surface area contributed by atoms with E-state index in [-0.39, 0.29) is 17.2 Å². The molecule has 3 unspecified atom stereocenters. The van der Waals surface area contributed by atoms with Crippen molar-refractivity contribution < 1.29 is 9.59 Å². The molecule has 28 heavy (non-hydrogen) atoms. The quantitative estimate of drug-likeness (QED) is 0.650. The maximum atomic E-state index is 12.6. The van der Waals surface area contributed by atoms with Gasteiger partial charge in [-0.05, 0) is 53.4 Å². The summed E-state index contributed by atoms with van der Waals surface area (Å²) in [4.78, 5) is 30.3. The van der Waals surface area contributed by atoms with Crippen LogP contribution in [0.5, 0.6) is 0 Å². The van der Waals surface area contributed by atoms with E-state index in [4.69, 9.17) is 5.73 Å². The Morgan fingerprint density at radius 1 is 1.21 bits per heavy atom. The van der Waals surface area contributed by atoms with Gasteiger partial charge < -0.3 is 5.73 Å². The molecule has 1 saturated carbocycles. The molecule has 4 rings (SSSR count). The van der Waals surface area contributed by atoms with Crippen LogP contribution in [0.15, 0.2) is 42.7 Å². The molecule has 0 saturated heterocycles. The largest absolute Gasteiger partial charge is 0.397 e. The number of carbonyl (C=O) groups excluding carboxylic acids is 2. The average molecular weight is 377 g/mol. The molecule has 0 radical (unpaired) electrons. The SMILES string of the molecule is CC1(C)CC(c2ccncc2N)CC(N2Cc3ccccc3C2C(=O)C=O)C1. The number of ketones is 1. The second-order valence-electron chi connectivity index (χ2n) is 8.96. The van der Waals surface area contributed by atoms with Crippen molar-refractivity contribution in [2.75, 3.05) is 5.73 Å². The van der Waals surface area contributed by atoms with Gasteiger partial charge in [-0.25, -0.2) is 0 Å². The standard InChI is InChI=1S/C23H27N3O2/c1-23(2)10-16(18-7-8-25-12-20(18)24)9-17(11-23)26-13-15-5-3-4-6-19(15)22(26)21(28)14-27/h3-8,12,14,16-17,22H,9-11,13,24H2,1-2H3. The number of carbonyl (C=O) groups is 2. The Kier molecular flexibility index (Phi) is 4.79. The van der Waals surface area contributed by atoms with Crippen LogP contribution in [-0.4, -0.2) is 28.0 Å². The summed E-state index contributed by atoms with van der Waals surface area (Å²) in [6.07, 6.45) is 6.96. The number of nitrogens with two attached hydrogens (primary N) is 1. The number of aromatic nitrogens is 1. The number of hydrogen-bond donors (Lipinski definition) is 1. The predicted octanol–water partition coefficient (Wildman–Crippen LogP) is 3.65. The summed E-state index contributed by atoms with van der Waals surface area (Å²) in [6, 6.07) is 9.74. The van der Waals surface area contributed by atoms with Crippen molar-refractivity contribution in [3.8, 4) is 0 Å². The topological polar surface area (TPSA) is 76.3 Å². The second kappa shape index (κ2) is 7.13. The van der Waals surface area contributed by atoms with Gasteiger partial charge in [0.25, 0.3) is 0 Å². The van der Waals surface area contributed by atoms with Crippen LogP contribution in [0, 0.1) is 5.41 Å². The zero-order valence-corrected chi connectivity index (χ0v) is 16.5. The van der Waals surface area contributed by atoms with Gasteiger partial charge in [-0.2, -0.15) is 0 Å². The lowest BCUT2D eigenvalue weighted by molar-refractivity contribution is -0.134. The minimum absolute atomic E-state index is 0.118. The zero-order chi connectivity index (χ0) is 19.9. The number of nitrogen functional groups attached to an aromatic ring is 1. The van der Waals surface area contributed by atoms with Crippen LogP contribution in [-0.2, 0) is 16.1 Å². The van der Waals surface area contributed by atoms with Gasteiger partial charge in [0.1, 0.15) is 6.04 Å². The van der Waals surface area contributed by atoms with Gasteiger partial charge in [0, 0.05) is 18.8 Å². The number of aldehydes is 1. The lowest BCUT2D eigenvalue weighted by Crippen LogP contribution is -2.44. The molecule has 0 spiro atoms. The molecule has 0 bridgehead atoms. The molecule has 1 aromatic heterocycles. The molecule has 2 N–H and O–H groups in total. The Morgan fingerprint density at radius 3 is 2.75 bits per heavy atom. The van der Waals surface area contributed by atoms with E-state index in [9.17, 15) is 9.59 Å². The molecule has 1 fully saturated rings. The van der Waals surface area contributed by atoms with E-state index in [0.717, 1.165) is 41.6 Å². The first-order chi connectivity index (χ1) is 13.4. The fourth-order valence-electron chi connectivity index (χ4n) is 5.29. The van der Waals surface area contributed by atoms with Crippen LogP contribution in [0.2, 0.25) is 0 Å². The minimum Gasteiger partial charge on any atom is -0.397 e. The first-order valence-corrected chi connectivity index (χ1v) is 9.91. The number of rotatable bonds is 4. The van der Waals surface area contributed by atoms with Crippen LogP contribution in [0.25, 0.3) is 0 Å². The lowest BCUT2D eigenvalue weighted by Gasteiger charge is -2.45. The normalized spacial score (nSPS) is 26.6. The van der Waals surface area contributed by atoms with Crippen LogP contribution in [0.1, 0.15) is 61.8 Å². The number of hydrogen-bond acceptors (Lipinski definition) is 5. The smallest absolute Gasteiger partial charge is 0.216 e. The van der Waals surface area contributed by atoms with Crippen molar-refractivity contribution in [2.24, 2.45) is 5.41 Å². The molecule has 1 aliphatic carbocycles. The molecule has 3 atom stereocenters. The summed E-state index contributed by atoms with van der Waals surface area (Å²) >= 11 is 0. The summed E-state index contributed by atoms with van der Waals surface area (Å²) in [7, 11) is 0. The maximum Gasteiger partial charge on any atom is 0.216 e. The third-order valence-corrected chi connectivity index (χ3v) is 6.36. The van der Waals surface area contributed by atoms with Gasteiger partial charge >= 0.3 is 0 Å². The van der Waals surface area contributed by atoms with Crippen molar-refractivity contribution in [1.82, 2.24) is 9.88 Å². The molecule has 1 aromatic carbocycles. The van der Waals surface area contributed by atoms with E-state index in [1.165, 1.54) is 0 Å². The average Bonchev–Trinajstić information content (AvgIpc) is 3.06. The number of fused-ring (bicyclic) bond motifs is 1. The number of benzene rings is 1. The molecule has 5 nitrogen and oxygen atoms in total. The van der Waals surface area contributed by atoms with Crippen LogP contribution < -0.4 is 5.73 Å². The summed E-state index contributed by atoms with van der Waals surface area (Å²) in [5.41, 5.74) is 10.3. The third kappa shape index (κ3) is 3.35. The van der Waals surface area contributed by atoms with Crippen molar-refractivity contribution in [3.05, 3.63) is 59.4 Å². The summed E-state index contributed by atoms with van der Waals surface area (Å²) in [6.45, 7) is 5.27. The van der Waals surface area contributed by atoms with E-state index in [0.29, 0.717) is 18.7 Å². The van der Waals surface area contributed by atoms with Gasteiger partial charge in [0.15, 0.2) is 6.29 Å². The molecule has 0 amide bonds. The zero-order valence-electron chi connectivity index (χ0n) is 16.5. The first-order valence-electron chi connectivity index (χ1n) is 9.91. The van der Waals surface area contributed by atoms with Gasteiger partial charge in [-0.1, -0.05) is 38.1 Å². The Labute approximate surface area is 165 Å². The van der Waals surface area contributed by atoms with Gasteiger partial charge in [0.05, 0.1) is 11.9 Å². The van der Waals surface area contributed by atoms with Crippen LogP contribution >= 0.6 is 0 Å². The van der Waals surface area contributed by atoms with E-state index in [1.54, 1.807) is 12.4 Å². The Hall–Kier alpha value is -2.53. The van der Waals surface area contributed by atoms with Crippen molar-refractivity contribution in [2.45, 2.75) is 57.7 Å². The second-order valence-corrected chi connectivity index (χ2v) is 8.96. The van der Waals surface area contributed by atoms with Gasteiger partial charge in [-0.3, -0.25) is 19.5 Å². The summed E-state index contributed by atoms with van der Waals surface area (Å²) < 4.78 is 0. The Balaban J connectivity index is 1.68. The fourth-order valence-corrected chi connectivity index (χ4v) is 5.29. The fraction of sp³-hybridized carbons (Fsp3) is 0.435. The Bertz CT molecular complexity index is 908. The highest BCUT2D eigenvalue weighted by atomic mass is 16.2. The molecule has 146 valence electrons. The molecule has 2 aromatic rings. The highest BCUT2D eigenvalue weighted by molar-refractivity contribution is 6.27. The minimum atomic E-state index is -0.469. The van der Waals surface area contributed by atoms with Crippen molar-refractivity contribution in [3.63, 3.8) is 0 Å². The van der Waals surface area contributed by atoms with Gasteiger partial charge in [-0.15, -0.1) is 0 Å². The van der Waals surface area contributed by atoms with Gasteiger partial charge in [0.2, 0.25) is 5.78 Å². The van der Waals surface area contributed by atoms with Crippen molar-refractivity contribution >= 4 is 17.8 Å². The monoisotopic (exact) mass is 377 g/mol. The highest BCUT2D eigenvalue weighted by Gasteiger charge is 2.44. The number of pyridine rings is 1. The highest BCUT2D eigenvalue weighted by Crippen LogP contribution is 2.49. The molecule has 2 heterocycles. The molecular weight excluding hydrogens is 350 g/mol. The number of Topliss-reactive ketones (excluding diaryl/α,β-unsaturated/α-hetero) is 1. The van der Waals surface area contributed by atoms with E-state index in [1.807, 2.05) is 24.3 Å². The molecule has 1 aliphatic heterocycles. The van der Waals surface area contributed by atoms with Crippen LogP contribution in [0.3, 0.4) is 0 Å².